The zero-order valence-corrected chi connectivity index (χ0v) is 27.6. The molecule has 0 bridgehead atoms. The molecule has 1 aromatic carbocycles. The number of carboxylic acid groups (broad SMARTS) is 1. The number of carbonyl (C=O) groups is 2. The van der Waals surface area contributed by atoms with Crippen LogP contribution in [0.25, 0.3) is 11.6 Å². The molecule has 5 rings (SSSR count). The molecule has 10 heteroatoms. The summed E-state index contributed by atoms with van der Waals surface area (Å²) in [4.78, 5) is 25.6. The molecule has 1 amide bonds. The van der Waals surface area contributed by atoms with Crippen LogP contribution in [-0.2, 0) is 14.3 Å². The van der Waals surface area contributed by atoms with Gasteiger partial charge in [-0.1, -0.05) is 57.2 Å². The normalized spacial score (nSPS) is 27.1. The Morgan fingerprint density at radius 1 is 1.23 bits per heavy atom. The van der Waals surface area contributed by atoms with Crippen molar-refractivity contribution >= 4 is 23.5 Å². The number of likely N-dealkylation sites (N-methyl/N-ethyl adjacent to an activating group) is 1. The van der Waals surface area contributed by atoms with Crippen LogP contribution in [0.15, 0.2) is 90.0 Å². The van der Waals surface area contributed by atoms with Gasteiger partial charge in [-0.2, -0.15) is 0 Å². The summed E-state index contributed by atoms with van der Waals surface area (Å²) < 4.78 is 12.3. The van der Waals surface area contributed by atoms with Crippen molar-refractivity contribution in [2.24, 2.45) is 0 Å². The van der Waals surface area contributed by atoms with Gasteiger partial charge in [0.05, 0.1) is 18.2 Å². The summed E-state index contributed by atoms with van der Waals surface area (Å²) in [5.74, 6) is -0.722. The largest absolute Gasteiger partial charge is 0.508 e. The number of ether oxygens (including phenoxy) is 2. The molecular weight excluding hydrogens is 612 g/mol. The Kier molecular flexibility index (Phi) is 10.9. The van der Waals surface area contributed by atoms with Crippen molar-refractivity contribution in [3.05, 3.63) is 107 Å². The first-order chi connectivity index (χ1) is 23.0. The molecule has 4 aliphatic rings. The van der Waals surface area contributed by atoms with E-state index < -0.39 is 42.0 Å². The predicted molar refractivity (Wildman–Crippen MR) is 184 cm³/mol. The van der Waals surface area contributed by atoms with Crippen molar-refractivity contribution in [1.82, 2.24) is 10.6 Å². The molecule has 2 aliphatic heterocycles. The molecule has 0 saturated carbocycles. The Balaban J connectivity index is 1.31. The Hall–Kier alpha value is -4.22. The summed E-state index contributed by atoms with van der Waals surface area (Å²) in [6, 6.07) is 4.68. The molecule has 48 heavy (non-hydrogen) atoms. The number of benzene rings is 1. The topological polar surface area (TPSA) is 158 Å². The van der Waals surface area contributed by atoms with Crippen LogP contribution in [0.2, 0.25) is 0 Å². The van der Waals surface area contributed by atoms with Gasteiger partial charge < -0.3 is 40.5 Å². The molecule has 2 heterocycles. The SMILES string of the molecule is C=Cc1cc(C(=O)NCCC(O)C2O[C@@](CCCCC)(C(=O)O)CC(O)[C@H]2NC)ccc1C1=C2C=CC(O)=CC2OC2=CC(=C)CC=C21. The molecule has 2 aliphatic carbocycles. The minimum absolute atomic E-state index is 0.0785. The Bertz CT molecular complexity index is 1620. The number of aliphatic hydroxyl groups excluding tert-OH is 3. The molecule has 1 aromatic rings. The summed E-state index contributed by atoms with van der Waals surface area (Å²) in [5, 5.41) is 48.1. The molecular formula is C38H46N2O8. The Labute approximate surface area is 281 Å². The van der Waals surface area contributed by atoms with Crippen LogP contribution in [0.5, 0.6) is 0 Å². The Morgan fingerprint density at radius 3 is 2.73 bits per heavy atom. The van der Waals surface area contributed by atoms with E-state index in [9.17, 15) is 30.0 Å². The maximum Gasteiger partial charge on any atom is 0.336 e. The predicted octanol–water partition coefficient (Wildman–Crippen LogP) is 4.89. The number of carbonyl (C=O) groups excluding carboxylic acids is 1. The number of allylic oxidation sites excluding steroid dienone is 5. The number of unbranched alkanes of at least 4 members (excludes halogenated alkanes) is 2. The van der Waals surface area contributed by atoms with Crippen molar-refractivity contribution in [3.8, 4) is 0 Å². The average molecular weight is 659 g/mol. The fourth-order valence-corrected chi connectivity index (χ4v) is 6.97. The number of fused-ring (bicyclic) bond motifs is 2. The fraction of sp³-hybridized carbons (Fsp3) is 0.421. The highest BCUT2D eigenvalue weighted by molar-refractivity contribution is 5.97. The van der Waals surface area contributed by atoms with E-state index in [1.807, 2.05) is 25.1 Å². The fourth-order valence-electron chi connectivity index (χ4n) is 6.97. The first kappa shape index (κ1) is 35.1. The zero-order valence-electron chi connectivity index (χ0n) is 27.6. The molecule has 0 spiro atoms. The lowest BCUT2D eigenvalue weighted by Crippen LogP contribution is -2.64. The monoisotopic (exact) mass is 658 g/mol. The van der Waals surface area contributed by atoms with Crippen LogP contribution in [-0.4, -0.2) is 82.0 Å². The molecule has 4 unspecified atom stereocenters. The number of hydrogen-bond donors (Lipinski definition) is 6. The van der Waals surface area contributed by atoms with Gasteiger partial charge in [0, 0.05) is 41.3 Å². The number of amides is 1. The van der Waals surface area contributed by atoms with E-state index in [4.69, 9.17) is 9.47 Å². The van der Waals surface area contributed by atoms with E-state index >= 15 is 0 Å². The minimum atomic E-state index is -1.59. The Morgan fingerprint density at radius 2 is 2.02 bits per heavy atom. The van der Waals surface area contributed by atoms with E-state index in [0.29, 0.717) is 24.2 Å². The quantitative estimate of drug-likeness (QED) is 0.163. The second-order valence-corrected chi connectivity index (χ2v) is 12.8. The van der Waals surface area contributed by atoms with Crippen LogP contribution in [0.3, 0.4) is 0 Å². The van der Waals surface area contributed by atoms with Gasteiger partial charge in [0.1, 0.15) is 23.7 Å². The maximum atomic E-state index is 13.3. The second-order valence-electron chi connectivity index (χ2n) is 12.8. The van der Waals surface area contributed by atoms with Gasteiger partial charge in [0.2, 0.25) is 0 Å². The molecule has 1 fully saturated rings. The molecule has 10 nitrogen and oxygen atoms in total. The van der Waals surface area contributed by atoms with Crippen LogP contribution < -0.4 is 10.6 Å². The van der Waals surface area contributed by atoms with Crippen molar-refractivity contribution in [2.75, 3.05) is 13.6 Å². The average Bonchev–Trinajstić information content (AvgIpc) is 3.06. The summed E-state index contributed by atoms with van der Waals surface area (Å²) in [7, 11) is 1.63. The summed E-state index contributed by atoms with van der Waals surface area (Å²) in [6.07, 6.45) is 10.4. The first-order valence-corrected chi connectivity index (χ1v) is 16.6. The van der Waals surface area contributed by atoms with Gasteiger partial charge >= 0.3 is 5.97 Å². The molecule has 256 valence electrons. The lowest BCUT2D eigenvalue weighted by atomic mass is 9.81. The van der Waals surface area contributed by atoms with E-state index in [2.05, 4.69) is 29.9 Å². The van der Waals surface area contributed by atoms with Gasteiger partial charge in [-0.3, -0.25) is 4.79 Å². The van der Waals surface area contributed by atoms with Crippen LogP contribution in [0.4, 0.5) is 0 Å². The number of nitrogens with one attached hydrogen (secondary N) is 2. The molecule has 6 N–H and O–H groups in total. The van der Waals surface area contributed by atoms with Crippen molar-refractivity contribution in [3.63, 3.8) is 0 Å². The minimum Gasteiger partial charge on any atom is -0.508 e. The third-order valence-corrected chi connectivity index (χ3v) is 9.53. The van der Waals surface area contributed by atoms with Crippen LogP contribution >= 0.6 is 0 Å². The molecule has 1 saturated heterocycles. The van der Waals surface area contributed by atoms with Crippen LogP contribution in [0.1, 0.15) is 73.4 Å². The van der Waals surface area contributed by atoms with Crippen molar-refractivity contribution in [2.45, 2.75) is 87.9 Å². The zero-order chi connectivity index (χ0) is 34.6. The summed E-state index contributed by atoms with van der Waals surface area (Å²) >= 11 is 0. The van der Waals surface area contributed by atoms with Crippen molar-refractivity contribution in [1.29, 1.82) is 0 Å². The van der Waals surface area contributed by atoms with Crippen molar-refractivity contribution < 1.29 is 39.5 Å². The highest BCUT2D eigenvalue weighted by Crippen LogP contribution is 2.45. The summed E-state index contributed by atoms with van der Waals surface area (Å²) in [6.45, 7) is 10.2. The third kappa shape index (κ3) is 7.12. The molecule has 0 aromatic heterocycles. The van der Waals surface area contributed by atoms with E-state index in [1.165, 1.54) is 0 Å². The maximum absolute atomic E-state index is 13.3. The van der Waals surface area contributed by atoms with E-state index in [0.717, 1.165) is 46.3 Å². The number of carboxylic acids is 1. The van der Waals surface area contributed by atoms with E-state index in [-0.39, 0.29) is 37.5 Å². The standard InChI is InChI=1S/C38H46N2O8/c1-5-7-8-16-38(37(45)46)21-30(43)34(39-4)35(48-38)29(42)15-17-40-36(44)24-10-13-26(23(6-2)19-24)33-27-12-9-22(3)18-31(27)47-32-20-25(41)11-14-28(32)33/h6,10-14,18-20,29-30,32,34-35,39,41-43H,2-3,5,7-9,15-17,21H2,1,4H3,(H,40,44)(H,45,46)/t29?,30?,32?,34-,35?,38-/m1/s1. The molecule has 0 radical (unpaired) electrons. The smallest absolute Gasteiger partial charge is 0.336 e. The van der Waals surface area contributed by atoms with Gasteiger partial charge in [-0.15, -0.1) is 0 Å². The van der Waals surface area contributed by atoms with Gasteiger partial charge in [0.15, 0.2) is 5.60 Å². The van der Waals surface area contributed by atoms with E-state index in [1.54, 1.807) is 37.4 Å². The lowest BCUT2D eigenvalue weighted by molar-refractivity contribution is -0.221. The molecule has 6 atom stereocenters. The van der Waals surface area contributed by atoms with Gasteiger partial charge in [-0.05, 0) is 73.7 Å². The summed E-state index contributed by atoms with van der Waals surface area (Å²) in [5.41, 5.74) is 4.03. The third-order valence-electron chi connectivity index (χ3n) is 9.53. The second kappa shape index (κ2) is 14.9. The number of aliphatic carboxylic acids is 1. The highest BCUT2D eigenvalue weighted by Gasteiger charge is 2.52. The first-order valence-electron chi connectivity index (χ1n) is 16.6. The van der Waals surface area contributed by atoms with Gasteiger partial charge in [-0.25, -0.2) is 4.79 Å². The number of hydrogen-bond acceptors (Lipinski definition) is 8. The van der Waals surface area contributed by atoms with Crippen LogP contribution in [0, 0.1) is 0 Å². The van der Waals surface area contributed by atoms with Gasteiger partial charge in [0.25, 0.3) is 5.91 Å². The number of aliphatic hydroxyl groups is 3. The number of rotatable bonds is 13. The lowest BCUT2D eigenvalue weighted by Gasteiger charge is -2.46. The highest BCUT2D eigenvalue weighted by atomic mass is 16.6.